The van der Waals surface area contributed by atoms with Gasteiger partial charge in [-0.1, -0.05) is 19.9 Å². The van der Waals surface area contributed by atoms with E-state index in [1.165, 1.54) is 4.88 Å². The van der Waals surface area contributed by atoms with Gasteiger partial charge >= 0.3 is 0 Å². The predicted molar refractivity (Wildman–Crippen MR) is 77.0 cm³/mol. The van der Waals surface area contributed by atoms with Gasteiger partial charge in [-0.25, -0.2) is 0 Å². The smallest absolute Gasteiger partial charge is 0.245 e. The number of carbonyl (C=O) groups is 1. The molecule has 0 bridgehead atoms. The lowest BCUT2D eigenvalue weighted by Crippen LogP contribution is -2.36. The zero-order valence-electron chi connectivity index (χ0n) is 11.4. The molecule has 2 atom stereocenters. The Morgan fingerprint density at radius 1 is 1.37 bits per heavy atom. The normalized spacial score (nSPS) is 14.3. The number of amides is 1. The molecule has 0 saturated carbocycles. The van der Waals surface area contributed by atoms with Crippen LogP contribution < -0.4 is 5.32 Å². The van der Waals surface area contributed by atoms with Gasteiger partial charge in [0.1, 0.15) is 6.04 Å². The molecule has 2 rings (SSSR count). The molecule has 0 fully saturated rings. The van der Waals surface area contributed by atoms with Gasteiger partial charge in [-0.15, -0.1) is 11.3 Å². The molecular weight excluding hydrogens is 258 g/mol. The highest BCUT2D eigenvalue weighted by Gasteiger charge is 2.23. The molecule has 19 heavy (non-hydrogen) atoms. The highest BCUT2D eigenvalue weighted by Crippen LogP contribution is 2.26. The third-order valence-electron chi connectivity index (χ3n) is 3.12. The Labute approximate surface area is 117 Å². The van der Waals surface area contributed by atoms with Crippen molar-refractivity contribution < 1.29 is 4.79 Å². The Morgan fingerprint density at radius 2 is 2.16 bits per heavy atom. The lowest BCUT2D eigenvalue weighted by Gasteiger charge is -2.23. The summed E-state index contributed by atoms with van der Waals surface area (Å²) in [6.45, 7) is 6.08. The second-order valence-corrected chi connectivity index (χ2v) is 5.89. The van der Waals surface area contributed by atoms with Gasteiger partial charge in [0, 0.05) is 17.3 Å². The largest absolute Gasteiger partial charge is 0.346 e. The second kappa shape index (κ2) is 6.02. The summed E-state index contributed by atoms with van der Waals surface area (Å²) in [6, 6.07) is 5.66. The minimum atomic E-state index is -0.295. The van der Waals surface area contributed by atoms with Crippen molar-refractivity contribution in [3.63, 3.8) is 0 Å². The Bertz CT molecular complexity index is 505. The maximum atomic E-state index is 12.3. The highest BCUT2D eigenvalue weighted by molar-refractivity contribution is 7.10. The van der Waals surface area contributed by atoms with Crippen molar-refractivity contribution in [2.24, 2.45) is 5.92 Å². The fraction of sp³-hybridized carbons (Fsp3) is 0.429. The molecule has 2 heterocycles. The van der Waals surface area contributed by atoms with Gasteiger partial charge in [0.25, 0.3) is 0 Å². The van der Waals surface area contributed by atoms with Crippen LogP contribution in [0.1, 0.15) is 37.7 Å². The van der Waals surface area contributed by atoms with E-state index in [1.54, 1.807) is 28.4 Å². The lowest BCUT2D eigenvalue weighted by atomic mass is 10.0. The molecular formula is C14H19N3OS. The summed E-state index contributed by atoms with van der Waals surface area (Å²) in [5.74, 6) is 0.350. The van der Waals surface area contributed by atoms with Gasteiger partial charge in [-0.05, 0) is 30.4 Å². The Kier molecular flexibility index (Phi) is 4.37. The standard InChI is InChI=1S/C14H19N3OS/c1-10(2)13(12-6-4-9-19-12)16-14(18)11(3)17-8-5-7-15-17/h4-11,13H,1-3H3,(H,16,18)/t11-,13+/m0/s1. The van der Waals surface area contributed by atoms with Crippen LogP contribution in [-0.4, -0.2) is 15.7 Å². The van der Waals surface area contributed by atoms with Crippen LogP contribution in [-0.2, 0) is 4.79 Å². The molecule has 0 aliphatic carbocycles. The molecule has 102 valence electrons. The van der Waals surface area contributed by atoms with Gasteiger partial charge in [0.05, 0.1) is 6.04 Å². The van der Waals surface area contributed by atoms with Crippen LogP contribution in [0.2, 0.25) is 0 Å². The average molecular weight is 277 g/mol. The minimum absolute atomic E-state index is 0.00389. The van der Waals surface area contributed by atoms with Crippen LogP contribution in [0.3, 0.4) is 0 Å². The van der Waals surface area contributed by atoms with Crippen molar-refractivity contribution >= 4 is 17.2 Å². The molecule has 2 aromatic heterocycles. The van der Waals surface area contributed by atoms with Crippen LogP contribution in [0.25, 0.3) is 0 Å². The number of carbonyl (C=O) groups excluding carboxylic acids is 1. The monoisotopic (exact) mass is 277 g/mol. The van der Waals surface area contributed by atoms with E-state index >= 15 is 0 Å². The molecule has 0 unspecified atom stereocenters. The number of aromatic nitrogens is 2. The van der Waals surface area contributed by atoms with Gasteiger partial charge in [-0.2, -0.15) is 5.10 Å². The van der Waals surface area contributed by atoms with Crippen molar-refractivity contribution in [1.29, 1.82) is 0 Å². The molecule has 0 aromatic carbocycles. The SMILES string of the molecule is CC(C)[C@@H](NC(=O)[C@H](C)n1cccn1)c1cccs1. The molecule has 0 aliphatic rings. The molecule has 4 nitrogen and oxygen atoms in total. The van der Waals surface area contributed by atoms with E-state index in [4.69, 9.17) is 0 Å². The van der Waals surface area contributed by atoms with E-state index in [0.29, 0.717) is 5.92 Å². The fourth-order valence-electron chi connectivity index (χ4n) is 1.94. The summed E-state index contributed by atoms with van der Waals surface area (Å²) in [5.41, 5.74) is 0. The average Bonchev–Trinajstić information content (AvgIpc) is 3.06. The third-order valence-corrected chi connectivity index (χ3v) is 4.07. The van der Waals surface area contributed by atoms with Crippen LogP contribution in [0.4, 0.5) is 0 Å². The zero-order valence-corrected chi connectivity index (χ0v) is 12.2. The predicted octanol–water partition coefficient (Wildman–Crippen LogP) is 3.02. The van der Waals surface area contributed by atoms with Crippen LogP contribution in [0, 0.1) is 5.92 Å². The number of nitrogens with one attached hydrogen (secondary N) is 1. The zero-order chi connectivity index (χ0) is 13.8. The van der Waals surface area contributed by atoms with Crippen LogP contribution in [0.15, 0.2) is 36.0 Å². The fourth-order valence-corrected chi connectivity index (χ4v) is 2.89. The van der Waals surface area contributed by atoms with Crippen molar-refractivity contribution in [3.8, 4) is 0 Å². The molecule has 0 spiro atoms. The topological polar surface area (TPSA) is 46.9 Å². The lowest BCUT2D eigenvalue weighted by molar-refractivity contribution is -0.125. The number of hydrogen-bond donors (Lipinski definition) is 1. The Balaban J connectivity index is 2.08. The summed E-state index contributed by atoms with van der Waals surface area (Å²) in [5, 5.41) is 9.26. The number of rotatable bonds is 5. The summed E-state index contributed by atoms with van der Waals surface area (Å²) < 4.78 is 1.67. The molecule has 0 aliphatic heterocycles. The van der Waals surface area contributed by atoms with E-state index in [1.807, 2.05) is 24.4 Å². The molecule has 1 N–H and O–H groups in total. The first-order chi connectivity index (χ1) is 9.09. The first kappa shape index (κ1) is 13.8. The number of hydrogen-bond acceptors (Lipinski definition) is 3. The first-order valence-electron chi connectivity index (χ1n) is 6.42. The van der Waals surface area contributed by atoms with E-state index < -0.39 is 0 Å². The minimum Gasteiger partial charge on any atom is -0.346 e. The Morgan fingerprint density at radius 3 is 2.68 bits per heavy atom. The van der Waals surface area contributed by atoms with Crippen molar-refractivity contribution in [2.75, 3.05) is 0 Å². The Hall–Kier alpha value is -1.62. The van der Waals surface area contributed by atoms with E-state index in [0.717, 1.165) is 0 Å². The third kappa shape index (κ3) is 3.23. The van der Waals surface area contributed by atoms with Crippen molar-refractivity contribution in [3.05, 3.63) is 40.8 Å². The summed E-state index contributed by atoms with van der Waals surface area (Å²) in [7, 11) is 0. The van der Waals surface area contributed by atoms with Gasteiger partial charge in [-0.3, -0.25) is 9.48 Å². The summed E-state index contributed by atoms with van der Waals surface area (Å²) >= 11 is 1.67. The van der Waals surface area contributed by atoms with Crippen LogP contribution in [0.5, 0.6) is 0 Å². The van der Waals surface area contributed by atoms with E-state index in [9.17, 15) is 4.79 Å². The summed E-state index contributed by atoms with van der Waals surface area (Å²) in [4.78, 5) is 13.5. The molecule has 0 radical (unpaired) electrons. The molecule has 5 heteroatoms. The second-order valence-electron chi connectivity index (χ2n) is 4.91. The van der Waals surface area contributed by atoms with E-state index in [2.05, 4.69) is 30.3 Å². The van der Waals surface area contributed by atoms with Crippen LogP contribution >= 0.6 is 11.3 Å². The van der Waals surface area contributed by atoms with Crippen molar-refractivity contribution in [2.45, 2.75) is 32.9 Å². The maximum Gasteiger partial charge on any atom is 0.245 e. The quantitative estimate of drug-likeness (QED) is 0.913. The van der Waals surface area contributed by atoms with Gasteiger partial charge in [0.2, 0.25) is 5.91 Å². The summed E-state index contributed by atoms with van der Waals surface area (Å²) in [6.07, 6.45) is 3.49. The van der Waals surface area contributed by atoms with Gasteiger partial charge < -0.3 is 5.32 Å². The first-order valence-corrected chi connectivity index (χ1v) is 7.30. The van der Waals surface area contributed by atoms with E-state index in [-0.39, 0.29) is 18.0 Å². The van der Waals surface area contributed by atoms with Crippen molar-refractivity contribution in [1.82, 2.24) is 15.1 Å². The molecule has 1 amide bonds. The molecule has 2 aromatic rings. The number of nitrogens with zero attached hydrogens (tertiary/aromatic N) is 2. The highest BCUT2D eigenvalue weighted by atomic mass is 32.1. The molecule has 0 saturated heterocycles. The number of thiophene rings is 1. The van der Waals surface area contributed by atoms with Gasteiger partial charge in [0.15, 0.2) is 0 Å². The maximum absolute atomic E-state index is 12.3.